The van der Waals surface area contributed by atoms with Crippen LogP contribution in [0.5, 0.6) is 0 Å². The second kappa shape index (κ2) is 8.42. The van der Waals surface area contributed by atoms with Gasteiger partial charge in [0.25, 0.3) is 0 Å². The minimum atomic E-state index is -0.862. The SMILES string of the molecule is C[C@@H]1[C@H](C)CCC[C@H]1NCc1c(C(=O)O)n(Cc2ccccc2)c2ccccc12. The standard InChI is InChI=1S/C25H30N2O2/c1-17-9-8-13-22(18(17)2)26-15-21-20-12-6-7-14-23(20)27(24(21)25(28)29)16-19-10-4-3-5-11-19/h3-7,10-12,14,17-18,22,26H,8-9,13,15-16H2,1-2H3,(H,28,29)/t17-,18-,22-/m1/s1. The van der Waals surface area contributed by atoms with E-state index in [1.165, 1.54) is 12.8 Å². The summed E-state index contributed by atoms with van der Waals surface area (Å²) in [5.41, 5.74) is 3.38. The lowest BCUT2D eigenvalue weighted by Crippen LogP contribution is -2.40. The summed E-state index contributed by atoms with van der Waals surface area (Å²) < 4.78 is 1.96. The molecular formula is C25H30N2O2. The Bertz CT molecular complexity index is 993. The molecule has 0 radical (unpaired) electrons. The number of carbonyl (C=O) groups is 1. The third kappa shape index (κ3) is 3.95. The Morgan fingerprint density at radius 1 is 1.07 bits per heavy atom. The Labute approximate surface area is 172 Å². The van der Waals surface area contributed by atoms with Gasteiger partial charge in [0, 0.05) is 35.6 Å². The number of carboxylic acid groups (broad SMARTS) is 1. The third-order valence-electron chi connectivity index (χ3n) is 6.71. The number of aromatic carboxylic acids is 1. The molecule has 29 heavy (non-hydrogen) atoms. The third-order valence-corrected chi connectivity index (χ3v) is 6.71. The predicted octanol–water partition coefficient (Wildman–Crippen LogP) is 5.30. The highest BCUT2D eigenvalue weighted by molar-refractivity contribution is 5.98. The van der Waals surface area contributed by atoms with Gasteiger partial charge in [-0.1, -0.05) is 75.2 Å². The lowest BCUT2D eigenvalue weighted by molar-refractivity contribution is 0.0684. The van der Waals surface area contributed by atoms with Gasteiger partial charge < -0.3 is 15.0 Å². The molecule has 0 unspecified atom stereocenters. The van der Waals surface area contributed by atoms with Crippen LogP contribution in [-0.4, -0.2) is 21.7 Å². The molecule has 1 aliphatic carbocycles. The molecule has 1 aromatic heterocycles. The van der Waals surface area contributed by atoms with Gasteiger partial charge in [-0.15, -0.1) is 0 Å². The summed E-state index contributed by atoms with van der Waals surface area (Å²) in [4.78, 5) is 12.3. The molecule has 0 amide bonds. The lowest BCUT2D eigenvalue weighted by atomic mass is 9.78. The van der Waals surface area contributed by atoms with Crippen molar-refractivity contribution in [2.75, 3.05) is 0 Å². The van der Waals surface area contributed by atoms with Gasteiger partial charge in [0.1, 0.15) is 5.69 Å². The molecule has 4 heteroatoms. The number of aromatic nitrogens is 1. The van der Waals surface area contributed by atoms with Gasteiger partial charge in [-0.2, -0.15) is 0 Å². The fraction of sp³-hybridized carbons (Fsp3) is 0.400. The molecule has 1 heterocycles. The van der Waals surface area contributed by atoms with Crippen LogP contribution in [0.4, 0.5) is 0 Å². The Hall–Kier alpha value is -2.59. The van der Waals surface area contributed by atoms with Crippen LogP contribution in [0.3, 0.4) is 0 Å². The van der Waals surface area contributed by atoms with E-state index in [0.29, 0.717) is 36.7 Å². The zero-order chi connectivity index (χ0) is 20.4. The molecule has 0 aliphatic heterocycles. The maximum atomic E-state index is 12.3. The quantitative estimate of drug-likeness (QED) is 0.600. The van der Waals surface area contributed by atoms with Crippen molar-refractivity contribution >= 4 is 16.9 Å². The number of fused-ring (bicyclic) bond motifs is 1. The summed E-state index contributed by atoms with van der Waals surface area (Å²) in [5, 5.41) is 14.8. The molecule has 4 nitrogen and oxygen atoms in total. The lowest BCUT2D eigenvalue weighted by Gasteiger charge is -2.34. The number of benzene rings is 2. The first-order valence-corrected chi connectivity index (χ1v) is 10.7. The maximum Gasteiger partial charge on any atom is 0.352 e. The van der Waals surface area contributed by atoms with Crippen LogP contribution in [0, 0.1) is 11.8 Å². The van der Waals surface area contributed by atoms with Crippen molar-refractivity contribution in [3.8, 4) is 0 Å². The average molecular weight is 391 g/mol. The van der Waals surface area contributed by atoms with Gasteiger partial charge in [0.15, 0.2) is 0 Å². The number of hydrogen-bond donors (Lipinski definition) is 2. The Balaban J connectivity index is 1.71. The number of para-hydroxylation sites is 1. The molecule has 1 saturated carbocycles. The molecule has 1 fully saturated rings. The van der Waals surface area contributed by atoms with Crippen molar-refractivity contribution < 1.29 is 9.90 Å². The van der Waals surface area contributed by atoms with Crippen molar-refractivity contribution in [1.29, 1.82) is 0 Å². The Morgan fingerprint density at radius 3 is 2.55 bits per heavy atom. The van der Waals surface area contributed by atoms with E-state index in [2.05, 4.69) is 19.2 Å². The van der Waals surface area contributed by atoms with Crippen molar-refractivity contribution in [2.24, 2.45) is 11.8 Å². The van der Waals surface area contributed by atoms with Gasteiger partial charge in [0.2, 0.25) is 0 Å². The van der Waals surface area contributed by atoms with Crippen LogP contribution in [0.15, 0.2) is 54.6 Å². The first kappa shape index (κ1) is 19.7. The second-order valence-electron chi connectivity index (χ2n) is 8.48. The highest BCUT2D eigenvalue weighted by atomic mass is 16.4. The molecule has 3 atom stereocenters. The molecule has 4 rings (SSSR count). The first-order valence-electron chi connectivity index (χ1n) is 10.7. The Kier molecular flexibility index (Phi) is 5.72. The zero-order valence-corrected chi connectivity index (χ0v) is 17.3. The van der Waals surface area contributed by atoms with E-state index < -0.39 is 5.97 Å². The number of hydrogen-bond acceptors (Lipinski definition) is 2. The topological polar surface area (TPSA) is 54.3 Å². The van der Waals surface area contributed by atoms with E-state index in [1.807, 2.05) is 59.2 Å². The largest absolute Gasteiger partial charge is 0.477 e. The van der Waals surface area contributed by atoms with Crippen molar-refractivity contribution in [1.82, 2.24) is 9.88 Å². The minimum absolute atomic E-state index is 0.402. The molecule has 2 N–H and O–H groups in total. The maximum absolute atomic E-state index is 12.3. The van der Waals surface area contributed by atoms with Crippen LogP contribution in [0.2, 0.25) is 0 Å². The molecule has 152 valence electrons. The van der Waals surface area contributed by atoms with Crippen LogP contribution < -0.4 is 5.32 Å². The summed E-state index contributed by atoms with van der Waals surface area (Å²) >= 11 is 0. The molecular weight excluding hydrogens is 360 g/mol. The van der Waals surface area contributed by atoms with Crippen LogP contribution in [0.25, 0.3) is 10.9 Å². The highest BCUT2D eigenvalue weighted by Gasteiger charge is 2.28. The molecule has 0 saturated heterocycles. The number of rotatable bonds is 6. The van der Waals surface area contributed by atoms with Crippen molar-refractivity contribution in [3.63, 3.8) is 0 Å². The minimum Gasteiger partial charge on any atom is -0.477 e. The number of nitrogens with zero attached hydrogens (tertiary/aromatic N) is 1. The van der Waals surface area contributed by atoms with Crippen molar-refractivity contribution in [2.45, 2.75) is 52.2 Å². The summed E-state index contributed by atoms with van der Waals surface area (Å²) in [6, 6.07) is 18.6. The number of carboxylic acids is 1. The summed E-state index contributed by atoms with van der Waals surface area (Å²) in [6.45, 7) is 5.79. The van der Waals surface area contributed by atoms with E-state index in [9.17, 15) is 9.90 Å². The van der Waals surface area contributed by atoms with Crippen LogP contribution >= 0.6 is 0 Å². The van der Waals surface area contributed by atoms with E-state index in [1.54, 1.807) is 0 Å². The fourth-order valence-electron chi connectivity index (χ4n) is 4.83. The molecule has 1 aliphatic rings. The normalized spacial score (nSPS) is 22.1. The molecule has 2 aromatic carbocycles. The van der Waals surface area contributed by atoms with Crippen molar-refractivity contribution in [3.05, 3.63) is 71.4 Å². The van der Waals surface area contributed by atoms with Gasteiger partial charge in [-0.3, -0.25) is 0 Å². The van der Waals surface area contributed by atoms with E-state index in [4.69, 9.17) is 0 Å². The smallest absolute Gasteiger partial charge is 0.352 e. The van der Waals surface area contributed by atoms with Gasteiger partial charge in [0.05, 0.1) is 0 Å². The predicted molar refractivity (Wildman–Crippen MR) is 117 cm³/mol. The van der Waals surface area contributed by atoms with Gasteiger partial charge >= 0.3 is 5.97 Å². The molecule has 0 bridgehead atoms. The number of nitrogens with one attached hydrogen (secondary N) is 1. The average Bonchev–Trinajstić information content (AvgIpc) is 3.04. The first-order chi connectivity index (χ1) is 14.1. The van der Waals surface area contributed by atoms with Gasteiger partial charge in [-0.25, -0.2) is 4.79 Å². The van der Waals surface area contributed by atoms with Crippen LogP contribution in [0.1, 0.15) is 54.7 Å². The van der Waals surface area contributed by atoms with Gasteiger partial charge in [-0.05, 0) is 29.9 Å². The van der Waals surface area contributed by atoms with E-state index >= 15 is 0 Å². The second-order valence-corrected chi connectivity index (χ2v) is 8.48. The summed E-state index contributed by atoms with van der Waals surface area (Å²) in [6.07, 6.45) is 3.69. The zero-order valence-electron chi connectivity index (χ0n) is 17.3. The summed E-state index contributed by atoms with van der Waals surface area (Å²) in [7, 11) is 0. The monoisotopic (exact) mass is 390 g/mol. The van der Waals surface area contributed by atoms with Crippen LogP contribution in [-0.2, 0) is 13.1 Å². The summed E-state index contributed by atoms with van der Waals surface area (Å²) in [5.74, 6) is 0.452. The molecule has 0 spiro atoms. The highest BCUT2D eigenvalue weighted by Crippen LogP contribution is 2.31. The van der Waals surface area contributed by atoms with E-state index in [0.717, 1.165) is 28.5 Å². The van der Waals surface area contributed by atoms with E-state index in [-0.39, 0.29) is 0 Å². The fourth-order valence-corrected chi connectivity index (χ4v) is 4.83. The Morgan fingerprint density at radius 2 is 1.79 bits per heavy atom. The molecule has 3 aromatic rings.